The van der Waals surface area contributed by atoms with Crippen LogP contribution in [0.1, 0.15) is 13.3 Å². The van der Waals surface area contributed by atoms with Gasteiger partial charge in [-0.15, -0.1) is 0 Å². The smallest absolute Gasteiger partial charge is 0.219 e. The molecule has 70 valence electrons. The minimum Gasteiger partial charge on any atom is -0.340 e. The molecule has 1 fully saturated rings. The lowest BCUT2D eigenvalue weighted by Crippen LogP contribution is -2.51. The minimum atomic E-state index is -0.923. The lowest BCUT2D eigenvalue weighted by Gasteiger charge is -2.33. The monoisotopic (exact) mass is 174 g/mol. The number of halogens is 1. The van der Waals surface area contributed by atoms with Crippen LogP contribution in [0.3, 0.4) is 0 Å². The van der Waals surface area contributed by atoms with Gasteiger partial charge in [-0.25, -0.2) is 4.39 Å². The number of carbonyl (C=O) groups is 1. The molecule has 1 amide bonds. The lowest BCUT2D eigenvalue weighted by molar-refractivity contribution is -0.131. The highest BCUT2D eigenvalue weighted by Gasteiger charge is 2.28. The fourth-order valence-electron chi connectivity index (χ4n) is 1.52. The van der Waals surface area contributed by atoms with Crippen LogP contribution in [-0.4, -0.2) is 43.2 Å². The van der Waals surface area contributed by atoms with Crippen molar-refractivity contribution >= 4 is 5.91 Å². The zero-order valence-corrected chi connectivity index (χ0v) is 7.51. The van der Waals surface area contributed by atoms with Crippen LogP contribution in [0, 0.1) is 0 Å². The maximum atomic E-state index is 13.2. The van der Waals surface area contributed by atoms with E-state index in [0.717, 1.165) is 0 Å². The van der Waals surface area contributed by atoms with Crippen LogP contribution in [0.5, 0.6) is 0 Å². The Bertz CT molecular complexity index is 174. The third kappa shape index (κ3) is 1.94. The Morgan fingerprint density at radius 1 is 1.67 bits per heavy atom. The molecule has 0 radical (unpaired) electrons. The second kappa shape index (κ2) is 3.85. The van der Waals surface area contributed by atoms with Crippen molar-refractivity contribution in [2.75, 3.05) is 20.1 Å². The maximum absolute atomic E-state index is 13.2. The number of nitrogens with one attached hydrogen (secondary N) is 1. The minimum absolute atomic E-state index is 0.0350. The van der Waals surface area contributed by atoms with E-state index in [1.165, 1.54) is 6.92 Å². The van der Waals surface area contributed by atoms with Gasteiger partial charge in [0.25, 0.3) is 0 Å². The topological polar surface area (TPSA) is 32.3 Å². The quantitative estimate of drug-likeness (QED) is 0.614. The van der Waals surface area contributed by atoms with Crippen LogP contribution in [-0.2, 0) is 4.79 Å². The van der Waals surface area contributed by atoms with Crippen LogP contribution in [0.4, 0.5) is 4.39 Å². The van der Waals surface area contributed by atoms with Crippen molar-refractivity contribution in [1.29, 1.82) is 0 Å². The van der Waals surface area contributed by atoms with Crippen molar-refractivity contribution in [3.63, 3.8) is 0 Å². The second-order valence-electron chi connectivity index (χ2n) is 3.16. The van der Waals surface area contributed by atoms with Crippen molar-refractivity contribution in [2.24, 2.45) is 0 Å². The molecule has 1 N–H and O–H groups in total. The van der Waals surface area contributed by atoms with E-state index < -0.39 is 6.17 Å². The van der Waals surface area contributed by atoms with Crippen LogP contribution < -0.4 is 5.32 Å². The Balaban J connectivity index is 2.46. The zero-order valence-electron chi connectivity index (χ0n) is 7.51. The summed E-state index contributed by atoms with van der Waals surface area (Å²) in [7, 11) is 1.75. The Labute approximate surface area is 71.9 Å². The van der Waals surface area contributed by atoms with E-state index in [-0.39, 0.29) is 18.5 Å². The first kappa shape index (κ1) is 9.45. The molecule has 0 spiro atoms. The molecule has 1 rings (SSSR count). The van der Waals surface area contributed by atoms with E-state index in [4.69, 9.17) is 0 Å². The molecule has 2 unspecified atom stereocenters. The lowest BCUT2D eigenvalue weighted by atomic mass is 10.0. The summed E-state index contributed by atoms with van der Waals surface area (Å²) in [5.74, 6) is -0.0350. The summed E-state index contributed by atoms with van der Waals surface area (Å²) in [4.78, 5) is 12.4. The molecule has 1 heterocycles. The normalized spacial score (nSPS) is 30.4. The van der Waals surface area contributed by atoms with Crippen molar-refractivity contribution in [1.82, 2.24) is 10.2 Å². The highest BCUT2D eigenvalue weighted by Crippen LogP contribution is 2.13. The first-order valence-corrected chi connectivity index (χ1v) is 4.22. The summed E-state index contributed by atoms with van der Waals surface area (Å²) >= 11 is 0. The van der Waals surface area contributed by atoms with Gasteiger partial charge >= 0.3 is 0 Å². The average Bonchev–Trinajstić information content (AvgIpc) is 2.04. The SMILES string of the molecule is CNC1CCN(C(C)=O)CC1F. The molecule has 0 aromatic heterocycles. The first-order chi connectivity index (χ1) is 5.65. The largest absolute Gasteiger partial charge is 0.340 e. The molecule has 1 aliphatic rings. The van der Waals surface area contributed by atoms with E-state index in [2.05, 4.69) is 5.32 Å². The molecular weight excluding hydrogens is 159 g/mol. The number of hydrogen-bond donors (Lipinski definition) is 1. The predicted molar refractivity (Wildman–Crippen MR) is 44.6 cm³/mol. The summed E-state index contributed by atoms with van der Waals surface area (Å²) in [5.41, 5.74) is 0. The average molecular weight is 174 g/mol. The van der Waals surface area contributed by atoms with Crippen LogP contribution >= 0.6 is 0 Å². The van der Waals surface area contributed by atoms with Crippen molar-refractivity contribution in [3.05, 3.63) is 0 Å². The molecule has 4 heteroatoms. The molecule has 1 saturated heterocycles. The van der Waals surface area contributed by atoms with Crippen molar-refractivity contribution in [3.8, 4) is 0 Å². The third-order valence-electron chi connectivity index (χ3n) is 2.36. The molecule has 2 atom stereocenters. The molecule has 0 saturated carbocycles. The van der Waals surface area contributed by atoms with Crippen molar-refractivity contribution < 1.29 is 9.18 Å². The molecule has 12 heavy (non-hydrogen) atoms. The zero-order chi connectivity index (χ0) is 9.14. The molecule has 0 aliphatic carbocycles. The van der Waals surface area contributed by atoms with Gasteiger partial charge in [-0.05, 0) is 13.5 Å². The Kier molecular flexibility index (Phi) is 3.03. The highest BCUT2D eigenvalue weighted by atomic mass is 19.1. The van der Waals surface area contributed by atoms with E-state index in [1.54, 1.807) is 11.9 Å². The number of hydrogen-bond acceptors (Lipinski definition) is 2. The first-order valence-electron chi connectivity index (χ1n) is 4.22. The van der Waals surface area contributed by atoms with E-state index >= 15 is 0 Å². The molecule has 3 nitrogen and oxygen atoms in total. The highest BCUT2D eigenvalue weighted by molar-refractivity contribution is 5.73. The summed E-state index contributed by atoms with van der Waals surface area (Å²) in [6.45, 7) is 2.38. The summed E-state index contributed by atoms with van der Waals surface area (Å²) in [6.07, 6.45) is -0.218. The van der Waals surface area contributed by atoms with Gasteiger partial charge < -0.3 is 10.2 Å². The van der Waals surface area contributed by atoms with E-state index in [9.17, 15) is 9.18 Å². The Morgan fingerprint density at radius 3 is 2.75 bits per heavy atom. The molecule has 0 aromatic carbocycles. The Morgan fingerprint density at radius 2 is 2.33 bits per heavy atom. The van der Waals surface area contributed by atoms with Gasteiger partial charge in [0.2, 0.25) is 5.91 Å². The predicted octanol–water partition coefficient (Wildman–Crippen LogP) is 0.165. The van der Waals surface area contributed by atoms with Crippen molar-refractivity contribution in [2.45, 2.75) is 25.6 Å². The fourth-order valence-corrected chi connectivity index (χ4v) is 1.52. The van der Waals surface area contributed by atoms with E-state index in [0.29, 0.717) is 13.0 Å². The number of amides is 1. The molecule has 1 aliphatic heterocycles. The van der Waals surface area contributed by atoms with Gasteiger partial charge in [0, 0.05) is 19.5 Å². The van der Waals surface area contributed by atoms with Gasteiger partial charge in [0.15, 0.2) is 0 Å². The summed E-state index contributed by atoms with van der Waals surface area (Å²) in [6, 6.07) is -0.0828. The summed E-state index contributed by atoms with van der Waals surface area (Å²) in [5, 5.41) is 2.90. The second-order valence-corrected chi connectivity index (χ2v) is 3.16. The van der Waals surface area contributed by atoms with Gasteiger partial charge in [-0.1, -0.05) is 0 Å². The van der Waals surface area contributed by atoms with Crippen LogP contribution in [0.15, 0.2) is 0 Å². The van der Waals surface area contributed by atoms with Crippen LogP contribution in [0.2, 0.25) is 0 Å². The number of carbonyl (C=O) groups excluding carboxylic acids is 1. The molecular formula is C8H15FN2O. The number of rotatable bonds is 1. The number of nitrogens with zero attached hydrogens (tertiary/aromatic N) is 1. The van der Waals surface area contributed by atoms with Gasteiger partial charge in [0.1, 0.15) is 6.17 Å². The number of alkyl halides is 1. The fraction of sp³-hybridized carbons (Fsp3) is 0.875. The molecule has 0 aromatic rings. The van der Waals surface area contributed by atoms with Gasteiger partial charge in [-0.3, -0.25) is 4.79 Å². The maximum Gasteiger partial charge on any atom is 0.219 e. The van der Waals surface area contributed by atoms with Crippen LogP contribution in [0.25, 0.3) is 0 Å². The van der Waals surface area contributed by atoms with Gasteiger partial charge in [-0.2, -0.15) is 0 Å². The third-order valence-corrected chi connectivity index (χ3v) is 2.36. The standard InChI is InChI=1S/C8H15FN2O/c1-6(12)11-4-3-8(10-2)7(9)5-11/h7-8,10H,3-5H2,1-2H3. The Hall–Kier alpha value is -0.640. The van der Waals surface area contributed by atoms with E-state index in [1.807, 2.05) is 0 Å². The number of piperidine rings is 1. The molecule has 0 bridgehead atoms. The number of likely N-dealkylation sites (tertiary alicyclic amines) is 1. The van der Waals surface area contributed by atoms with Gasteiger partial charge in [0.05, 0.1) is 6.54 Å². The summed E-state index contributed by atoms with van der Waals surface area (Å²) < 4.78 is 13.2.